The van der Waals surface area contributed by atoms with E-state index in [1.165, 1.54) is 6.26 Å². The zero-order valence-corrected chi connectivity index (χ0v) is 9.43. The molecule has 0 aromatic carbocycles. The van der Waals surface area contributed by atoms with E-state index >= 15 is 0 Å². The molecular weight excluding hydrogens is 258 g/mol. The number of sulfonamides is 1. The molecule has 1 aromatic rings. The maximum atomic E-state index is 11.1. The van der Waals surface area contributed by atoms with Crippen LogP contribution in [-0.2, 0) is 10.0 Å². The van der Waals surface area contributed by atoms with Crippen LogP contribution in [0.5, 0.6) is 0 Å². The van der Waals surface area contributed by atoms with Gasteiger partial charge in [0.25, 0.3) is 0 Å². The largest absolute Gasteiger partial charge is 0.468 e. The lowest BCUT2D eigenvalue weighted by Crippen LogP contribution is -2.27. The van der Waals surface area contributed by atoms with E-state index < -0.39 is 10.0 Å². The molecule has 0 aliphatic carbocycles. The molecule has 6 heteroatoms. The maximum absolute atomic E-state index is 11.1. The minimum absolute atomic E-state index is 0.106. The van der Waals surface area contributed by atoms with E-state index in [1.807, 2.05) is 0 Å². The van der Waals surface area contributed by atoms with Gasteiger partial charge in [0, 0.05) is 0 Å². The summed E-state index contributed by atoms with van der Waals surface area (Å²) in [7, 11) is -3.24. The van der Waals surface area contributed by atoms with E-state index in [0.717, 1.165) is 0 Å². The van der Waals surface area contributed by atoms with Crippen LogP contribution in [0.4, 0.5) is 0 Å². The van der Waals surface area contributed by atoms with Gasteiger partial charge < -0.3 is 4.42 Å². The van der Waals surface area contributed by atoms with Gasteiger partial charge in [-0.15, -0.1) is 0 Å². The fraction of sp³-hybridized carbons (Fsp3) is 0.429. The van der Waals surface area contributed by atoms with E-state index in [-0.39, 0.29) is 10.7 Å². The van der Waals surface area contributed by atoms with Crippen molar-refractivity contribution in [3.05, 3.63) is 24.2 Å². The van der Waals surface area contributed by atoms with Gasteiger partial charge in [-0.25, -0.2) is 13.1 Å². The molecule has 0 amide bonds. The SMILES string of the molecule is C[C@@H](NS(=O)(=O)CBr)c1ccco1. The minimum atomic E-state index is -3.24. The molecule has 1 atom stereocenters. The molecule has 1 heterocycles. The normalized spacial score (nSPS) is 14.3. The molecule has 1 rings (SSSR count). The second-order valence-corrected chi connectivity index (χ2v) is 5.64. The molecule has 74 valence electrons. The Morgan fingerprint density at radius 2 is 2.38 bits per heavy atom. The van der Waals surface area contributed by atoms with Gasteiger partial charge in [0.15, 0.2) is 0 Å². The molecule has 0 spiro atoms. The standard InChI is InChI=1S/C7H10BrNO3S/c1-6(7-3-2-4-12-7)9-13(10,11)5-8/h2-4,6,9H,5H2,1H3/t6-/m1/s1. The Morgan fingerprint density at radius 1 is 1.69 bits per heavy atom. The Balaban J connectivity index is 2.67. The summed E-state index contributed by atoms with van der Waals surface area (Å²) in [6, 6.07) is 3.10. The van der Waals surface area contributed by atoms with Crippen LogP contribution in [0.3, 0.4) is 0 Å². The third-order valence-electron chi connectivity index (χ3n) is 1.47. The third kappa shape index (κ3) is 3.13. The van der Waals surface area contributed by atoms with E-state index in [0.29, 0.717) is 5.76 Å². The Labute approximate surface area is 85.5 Å². The quantitative estimate of drug-likeness (QED) is 0.844. The number of halogens is 1. The van der Waals surface area contributed by atoms with Crippen LogP contribution in [0.1, 0.15) is 18.7 Å². The Bertz CT molecular complexity index is 346. The zero-order valence-electron chi connectivity index (χ0n) is 7.03. The highest BCUT2D eigenvalue weighted by molar-refractivity contribution is 9.10. The predicted octanol–water partition coefficient (Wildman–Crippen LogP) is 1.61. The summed E-state index contributed by atoms with van der Waals surface area (Å²) in [5.41, 5.74) is 0. The van der Waals surface area contributed by atoms with Gasteiger partial charge in [-0.05, 0) is 19.1 Å². The summed E-state index contributed by atoms with van der Waals surface area (Å²) in [5, 5.41) is 0. The smallest absolute Gasteiger partial charge is 0.222 e. The van der Waals surface area contributed by atoms with E-state index in [9.17, 15) is 8.42 Å². The number of hydrogen-bond acceptors (Lipinski definition) is 3. The van der Waals surface area contributed by atoms with E-state index in [4.69, 9.17) is 4.42 Å². The van der Waals surface area contributed by atoms with Crippen LogP contribution in [-0.4, -0.2) is 13.1 Å². The van der Waals surface area contributed by atoms with Gasteiger partial charge in [-0.2, -0.15) is 0 Å². The molecule has 0 saturated carbocycles. The molecule has 4 nitrogen and oxygen atoms in total. The van der Waals surface area contributed by atoms with E-state index in [2.05, 4.69) is 20.7 Å². The fourth-order valence-corrected chi connectivity index (χ4v) is 2.01. The molecule has 0 aliphatic rings. The van der Waals surface area contributed by atoms with Crippen LogP contribution >= 0.6 is 15.9 Å². The topological polar surface area (TPSA) is 59.3 Å². The van der Waals surface area contributed by atoms with Crippen LogP contribution in [0.2, 0.25) is 0 Å². The second-order valence-electron chi connectivity index (χ2n) is 2.58. The average Bonchev–Trinajstić information content (AvgIpc) is 2.55. The lowest BCUT2D eigenvalue weighted by molar-refractivity contribution is 0.460. The molecule has 13 heavy (non-hydrogen) atoms. The fourth-order valence-electron chi connectivity index (χ4n) is 0.897. The highest BCUT2D eigenvalue weighted by Gasteiger charge is 2.15. The predicted molar refractivity (Wildman–Crippen MR) is 53.0 cm³/mol. The Morgan fingerprint density at radius 3 is 2.85 bits per heavy atom. The molecule has 0 aliphatic heterocycles. The molecule has 0 fully saturated rings. The summed E-state index contributed by atoms with van der Waals surface area (Å²) in [6.45, 7) is 1.72. The van der Waals surface area contributed by atoms with Crippen molar-refractivity contribution >= 4 is 26.0 Å². The van der Waals surface area contributed by atoms with Crippen molar-refractivity contribution in [1.29, 1.82) is 0 Å². The number of hydrogen-bond donors (Lipinski definition) is 1. The maximum Gasteiger partial charge on any atom is 0.222 e. The van der Waals surface area contributed by atoms with Crippen molar-refractivity contribution < 1.29 is 12.8 Å². The number of rotatable bonds is 4. The van der Waals surface area contributed by atoms with E-state index in [1.54, 1.807) is 19.1 Å². The van der Waals surface area contributed by atoms with Crippen molar-refractivity contribution in [2.75, 3.05) is 4.66 Å². The molecule has 1 N–H and O–H groups in total. The molecule has 0 unspecified atom stereocenters. The summed E-state index contributed by atoms with van der Waals surface area (Å²) in [5.74, 6) is 0.601. The molecule has 0 saturated heterocycles. The minimum Gasteiger partial charge on any atom is -0.468 e. The number of nitrogens with one attached hydrogen (secondary N) is 1. The monoisotopic (exact) mass is 267 g/mol. The van der Waals surface area contributed by atoms with Crippen molar-refractivity contribution in [3.63, 3.8) is 0 Å². The van der Waals surface area contributed by atoms with Crippen molar-refractivity contribution in [2.45, 2.75) is 13.0 Å². The Hall–Kier alpha value is -0.330. The first kappa shape index (κ1) is 10.7. The first-order chi connectivity index (χ1) is 6.05. The van der Waals surface area contributed by atoms with Crippen LogP contribution < -0.4 is 4.72 Å². The third-order valence-corrected chi connectivity index (χ3v) is 4.28. The zero-order chi connectivity index (χ0) is 9.90. The van der Waals surface area contributed by atoms with Crippen LogP contribution in [0.25, 0.3) is 0 Å². The van der Waals surface area contributed by atoms with Gasteiger partial charge in [0.05, 0.1) is 12.3 Å². The summed E-state index contributed by atoms with van der Waals surface area (Å²) in [4.78, 5) is 0. The Kier molecular flexibility index (Phi) is 3.52. The number of alkyl halides is 1. The average molecular weight is 268 g/mol. The van der Waals surface area contributed by atoms with Crippen LogP contribution in [0.15, 0.2) is 22.8 Å². The molecule has 0 bridgehead atoms. The highest BCUT2D eigenvalue weighted by atomic mass is 79.9. The lowest BCUT2D eigenvalue weighted by atomic mass is 10.3. The van der Waals surface area contributed by atoms with Crippen molar-refractivity contribution in [1.82, 2.24) is 4.72 Å². The first-order valence-corrected chi connectivity index (χ1v) is 6.42. The van der Waals surface area contributed by atoms with Crippen LogP contribution in [0, 0.1) is 0 Å². The lowest BCUT2D eigenvalue weighted by Gasteiger charge is -2.09. The molecular formula is C7H10BrNO3S. The van der Waals surface area contributed by atoms with Gasteiger partial charge >= 0.3 is 0 Å². The molecule has 0 radical (unpaired) electrons. The van der Waals surface area contributed by atoms with Gasteiger partial charge in [0.2, 0.25) is 10.0 Å². The second kappa shape index (κ2) is 4.26. The summed E-state index contributed by atoms with van der Waals surface area (Å²) < 4.78 is 29.6. The summed E-state index contributed by atoms with van der Waals surface area (Å²) in [6.07, 6.45) is 1.51. The highest BCUT2D eigenvalue weighted by Crippen LogP contribution is 2.13. The van der Waals surface area contributed by atoms with Crippen molar-refractivity contribution in [2.24, 2.45) is 0 Å². The summed E-state index contributed by atoms with van der Waals surface area (Å²) >= 11 is 2.88. The van der Waals surface area contributed by atoms with Gasteiger partial charge in [-0.1, -0.05) is 15.9 Å². The van der Waals surface area contributed by atoms with Gasteiger partial charge in [0.1, 0.15) is 10.4 Å². The van der Waals surface area contributed by atoms with Gasteiger partial charge in [-0.3, -0.25) is 0 Å². The number of furan rings is 1. The van der Waals surface area contributed by atoms with Crippen molar-refractivity contribution in [3.8, 4) is 0 Å². The molecule has 1 aromatic heterocycles. The first-order valence-electron chi connectivity index (χ1n) is 3.64.